The molecule has 5 heteroatoms. The van der Waals surface area contributed by atoms with Crippen molar-refractivity contribution in [1.82, 2.24) is 9.80 Å². The Kier molecular flexibility index (Phi) is 6.84. The Morgan fingerprint density at radius 2 is 1.89 bits per heavy atom. The lowest BCUT2D eigenvalue weighted by molar-refractivity contribution is -0.139. The van der Waals surface area contributed by atoms with Crippen LogP contribution in [-0.2, 0) is 9.59 Å². The number of likely N-dealkylation sites (tertiary alicyclic amines) is 1. The van der Waals surface area contributed by atoms with Crippen molar-refractivity contribution in [1.29, 1.82) is 0 Å². The van der Waals surface area contributed by atoms with E-state index in [1.807, 2.05) is 9.80 Å². The van der Waals surface area contributed by atoms with Gasteiger partial charge in [0.15, 0.2) is 0 Å². The summed E-state index contributed by atoms with van der Waals surface area (Å²) in [5, 5.41) is 8.88. The Balaban J connectivity index is 2.51. The fraction of sp³-hybridized carbons (Fsp3) is 0.857. The van der Waals surface area contributed by atoms with Crippen LogP contribution >= 0.6 is 0 Å². The monoisotopic (exact) mass is 270 g/mol. The molecule has 0 saturated carbocycles. The number of rotatable bonds is 8. The smallest absolute Gasteiger partial charge is 0.304 e. The molecule has 0 aromatic heterocycles. The molecule has 0 aromatic carbocycles. The maximum absolute atomic E-state index is 12.2. The van der Waals surface area contributed by atoms with Crippen molar-refractivity contribution in [2.45, 2.75) is 52.0 Å². The minimum Gasteiger partial charge on any atom is -0.481 e. The SMILES string of the molecule is CCCN(CCC)C(=O)CN1CCCC1CC(=O)O. The summed E-state index contributed by atoms with van der Waals surface area (Å²) in [4.78, 5) is 27.0. The van der Waals surface area contributed by atoms with Gasteiger partial charge >= 0.3 is 5.97 Å². The number of carbonyl (C=O) groups excluding carboxylic acids is 1. The minimum atomic E-state index is -0.775. The predicted molar refractivity (Wildman–Crippen MR) is 74.0 cm³/mol. The van der Waals surface area contributed by atoms with Crippen LogP contribution in [0.5, 0.6) is 0 Å². The maximum atomic E-state index is 12.2. The van der Waals surface area contributed by atoms with Crippen molar-refractivity contribution < 1.29 is 14.7 Å². The number of hydrogen-bond donors (Lipinski definition) is 1. The third kappa shape index (κ3) is 5.19. The summed E-state index contributed by atoms with van der Waals surface area (Å²) in [7, 11) is 0. The predicted octanol–water partition coefficient (Wildman–Crippen LogP) is 1.57. The lowest BCUT2D eigenvalue weighted by atomic mass is 10.1. The first-order valence-electron chi connectivity index (χ1n) is 7.32. The molecular formula is C14H26N2O3. The van der Waals surface area contributed by atoms with Crippen LogP contribution in [0.2, 0.25) is 0 Å². The first kappa shape index (κ1) is 16.0. The maximum Gasteiger partial charge on any atom is 0.304 e. The second-order valence-electron chi connectivity index (χ2n) is 5.25. The highest BCUT2D eigenvalue weighted by Crippen LogP contribution is 2.20. The van der Waals surface area contributed by atoms with Gasteiger partial charge in [0.1, 0.15) is 0 Å². The number of amides is 1. The number of hydrogen-bond acceptors (Lipinski definition) is 3. The Morgan fingerprint density at radius 3 is 2.42 bits per heavy atom. The van der Waals surface area contributed by atoms with Crippen LogP contribution in [0.1, 0.15) is 46.0 Å². The number of aliphatic carboxylic acids is 1. The zero-order valence-electron chi connectivity index (χ0n) is 12.1. The molecule has 19 heavy (non-hydrogen) atoms. The number of carboxylic acid groups (broad SMARTS) is 1. The van der Waals surface area contributed by atoms with E-state index in [2.05, 4.69) is 13.8 Å². The van der Waals surface area contributed by atoms with Gasteiger partial charge in [-0.25, -0.2) is 0 Å². The van der Waals surface area contributed by atoms with Gasteiger partial charge in [0.2, 0.25) is 5.91 Å². The largest absolute Gasteiger partial charge is 0.481 e. The van der Waals surface area contributed by atoms with Crippen LogP contribution < -0.4 is 0 Å². The van der Waals surface area contributed by atoms with Crippen molar-refractivity contribution in [2.75, 3.05) is 26.2 Å². The highest BCUT2D eigenvalue weighted by Gasteiger charge is 2.29. The fourth-order valence-electron chi connectivity index (χ4n) is 2.71. The van der Waals surface area contributed by atoms with E-state index in [-0.39, 0.29) is 18.4 Å². The molecule has 1 amide bonds. The first-order chi connectivity index (χ1) is 9.08. The Labute approximate surface area is 115 Å². The normalized spacial score (nSPS) is 19.6. The average Bonchev–Trinajstić information content (AvgIpc) is 2.75. The van der Waals surface area contributed by atoms with Crippen molar-refractivity contribution in [3.05, 3.63) is 0 Å². The molecule has 0 radical (unpaired) electrons. The van der Waals surface area contributed by atoms with Gasteiger partial charge in [-0.3, -0.25) is 14.5 Å². The van der Waals surface area contributed by atoms with Crippen molar-refractivity contribution in [3.8, 4) is 0 Å². The summed E-state index contributed by atoms with van der Waals surface area (Å²) in [6, 6.07) is 0.0338. The van der Waals surface area contributed by atoms with Crippen molar-refractivity contribution in [2.24, 2.45) is 0 Å². The molecule has 0 spiro atoms. The lowest BCUT2D eigenvalue weighted by Crippen LogP contribution is -2.43. The van der Waals surface area contributed by atoms with Gasteiger partial charge in [-0.05, 0) is 32.2 Å². The Bertz CT molecular complexity index is 301. The van der Waals surface area contributed by atoms with E-state index in [1.165, 1.54) is 0 Å². The van der Waals surface area contributed by atoms with Crippen molar-refractivity contribution >= 4 is 11.9 Å². The molecule has 0 bridgehead atoms. The fourth-order valence-corrected chi connectivity index (χ4v) is 2.71. The standard InChI is InChI=1S/C14H26N2O3/c1-3-7-15(8-4-2)13(17)11-16-9-5-6-12(16)10-14(18)19/h12H,3-11H2,1-2H3,(H,18,19). The van der Waals surface area contributed by atoms with E-state index in [0.29, 0.717) is 6.54 Å². The van der Waals surface area contributed by atoms with Gasteiger partial charge in [0, 0.05) is 19.1 Å². The molecule has 1 N–H and O–H groups in total. The third-order valence-corrected chi connectivity index (χ3v) is 3.59. The summed E-state index contributed by atoms with van der Waals surface area (Å²) in [6.45, 7) is 6.94. The zero-order chi connectivity index (χ0) is 14.3. The molecule has 0 aliphatic carbocycles. The molecule has 5 nitrogen and oxygen atoms in total. The van der Waals surface area contributed by atoms with E-state index in [4.69, 9.17) is 5.11 Å². The van der Waals surface area contributed by atoms with Gasteiger partial charge in [-0.2, -0.15) is 0 Å². The summed E-state index contributed by atoms with van der Waals surface area (Å²) >= 11 is 0. The second-order valence-corrected chi connectivity index (χ2v) is 5.25. The van der Waals surface area contributed by atoms with Crippen LogP contribution in [0.15, 0.2) is 0 Å². The topological polar surface area (TPSA) is 60.9 Å². The molecule has 1 rings (SSSR count). The van der Waals surface area contributed by atoms with Gasteiger partial charge in [0.25, 0.3) is 0 Å². The molecule has 110 valence electrons. The Morgan fingerprint density at radius 1 is 1.26 bits per heavy atom. The van der Waals surface area contributed by atoms with E-state index >= 15 is 0 Å². The number of carbonyl (C=O) groups is 2. The first-order valence-corrected chi connectivity index (χ1v) is 7.32. The Hall–Kier alpha value is -1.10. The molecule has 1 aliphatic rings. The zero-order valence-corrected chi connectivity index (χ0v) is 12.1. The summed E-state index contributed by atoms with van der Waals surface area (Å²) in [5.41, 5.74) is 0. The average molecular weight is 270 g/mol. The highest BCUT2D eigenvalue weighted by atomic mass is 16.4. The highest BCUT2D eigenvalue weighted by molar-refractivity contribution is 5.78. The number of carboxylic acids is 1. The molecule has 1 heterocycles. The molecule has 1 saturated heterocycles. The lowest BCUT2D eigenvalue weighted by Gasteiger charge is -2.27. The summed E-state index contributed by atoms with van der Waals surface area (Å²) in [6.07, 6.45) is 3.96. The van der Waals surface area contributed by atoms with E-state index < -0.39 is 5.97 Å². The van der Waals surface area contributed by atoms with Gasteiger partial charge < -0.3 is 10.0 Å². The van der Waals surface area contributed by atoms with Crippen molar-refractivity contribution in [3.63, 3.8) is 0 Å². The van der Waals surface area contributed by atoms with Gasteiger partial charge in [-0.1, -0.05) is 13.8 Å². The van der Waals surface area contributed by atoms with E-state index in [9.17, 15) is 9.59 Å². The summed E-state index contributed by atoms with van der Waals surface area (Å²) in [5.74, 6) is -0.635. The molecule has 1 aliphatic heterocycles. The van der Waals surface area contributed by atoms with Crippen LogP contribution in [0, 0.1) is 0 Å². The van der Waals surface area contributed by atoms with Gasteiger partial charge in [0.05, 0.1) is 13.0 Å². The third-order valence-electron chi connectivity index (χ3n) is 3.59. The van der Waals surface area contributed by atoms with E-state index in [1.54, 1.807) is 0 Å². The summed E-state index contributed by atoms with van der Waals surface area (Å²) < 4.78 is 0. The minimum absolute atomic E-state index is 0.0338. The molecular weight excluding hydrogens is 244 g/mol. The molecule has 0 aromatic rings. The molecule has 1 atom stereocenters. The van der Waals surface area contributed by atoms with Crippen LogP contribution in [-0.4, -0.2) is 59.0 Å². The molecule has 1 fully saturated rings. The number of nitrogens with zero attached hydrogens (tertiary/aromatic N) is 2. The van der Waals surface area contributed by atoms with Gasteiger partial charge in [-0.15, -0.1) is 0 Å². The van der Waals surface area contributed by atoms with E-state index in [0.717, 1.165) is 45.3 Å². The quantitative estimate of drug-likeness (QED) is 0.727. The van der Waals surface area contributed by atoms with Crippen LogP contribution in [0.4, 0.5) is 0 Å². The second kappa shape index (κ2) is 8.15. The van der Waals surface area contributed by atoms with Crippen LogP contribution in [0.3, 0.4) is 0 Å². The molecule has 1 unspecified atom stereocenters. The van der Waals surface area contributed by atoms with Crippen LogP contribution in [0.25, 0.3) is 0 Å².